The molecular weight excluding hydrogens is 470 g/mol. The van der Waals surface area contributed by atoms with Crippen LogP contribution in [-0.4, -0.2) is 79.4 Å². The molecule has 0 aliphatic carbocycles. The van der Waals surface area contributed by atoms with Crippen molar-refractivity contribution >= 4 is 41.0 Å². The number of benzene rings is 1. The molecule has 0 saturated carbocycles. The van der Waals surface area contributed by atoms with Crippen LogP contribution in [0.3, 0.4) is 0 Å². The van der Waals surface area contributed by atoms with E-state index in [-0.39, 0.29) is 5.91 Å². The van der Waals surface area contributed by atoms with Gasteiger partial charge in [-0.25, -0.2) is 15.0 Å². The van der Waals surface area contributed by atoms with E-state index in [1.807, 2.05) is 30.6 Å². The molecular formula is C26H32N9O2+. The summed E-state index contributed by atoms with van der Waals surface area (Å²) in [6, 6.07) is 7.39. The Hall–Kier alpha value is -4.35. The maximum Gasteiger partial charge on any atom is 0.247 e. The van der Waals surface area contributed by atoms with Crippen molar-refractivity contribution in [3.63, 3.8) is 0 Å². The van der Waals surface area contributed by atoms with Gasteiger partial charge in [0, 0.05) is 56.4 Å². The van der Waals surface area contributed by atoms with Crippen LogP contribution in [0.25, 0.3) is 11.3 Å². The van der Waals surface area contributed by atoms with Crippen LogP contribution in [-0.2, 0) is 4.79 Å². The molecule has 1 fully saturated rings. The molecule has 1 aliphatic heterocycles. The third-order valence-electron chi connectivity index (χ3n) is 6.18. The highest BCUT2D eigenvalue weighted by Gasteiger charge is 2.21. The average molecular weight is 503 g/mol. The molecule has 1 saturated heterocycles. The van der Waals surface area contributed by atoms with Crippen molar-refractivity contribution in [1.82, 2.24) is 19.9 Å². The summed E-state index contributed by atoms with van der Waals surface area (Å²) in [4.78, 5) is 30.2. The number of pyridine rings is 1. The Balaban J connectivity index is 1.68. The number of carbonyl (C=O) groups is 1. The molecule has 0 bridgehead atoms. The van der Waals surface area contributed by atoms with E-state index >= 15 is 0 Å². The zero-order valence-corrected chi connectivity index (χ0v) is 21.3. The van der Waals surface area contributed by atoms with E-state index in [1.165, 1.54) is 12.3 Å². The number of piperazine rings is 1. The second-order valence-electron chi connectivity index (χ2n) is 8.58. The van der Waals surface area contributed by atoms with Crippen molar-refractivity contribution < 1.29 is 14.8 Å². The largest absolute Gasteiger partial charge is 0.494 e. The van der Waals surface area contributed by atoms with E-state index in [9.17, 15) is 4.79 Å². The van der Waals surface area contributed by atoms with Crippen molar-refractivity contribution in [2.75, 3.05) is 62.9 Å². The van der Waals surface area contributed by atoms with Crippen molar-refractivity contribution in [2.45, 2.75) is 0 Å². The van der Waals surface area contributed by atoms with Gasteiger partial charge < -0.3 is 30.6 Å². The van der Waals surface area contributed by atoms with Gasteiger partial charge in [0.25, 0.3) is 0 Å². The van der Waals surface area contributed by atoms with Crippen LogP contribution in [0.2, 0.25) is 0 Å². The van der Waals surface area contributed by atoms with E-state index in [2.05, 4.69) is 49.0 Å². The van der Waals surface area contributed by atoms with Gasteiger partial charge in [0.15, 0.2) is 0 Å². The number of aromatic nitrogens is 3. The van der Waals surface area contributed by atoms with Gasteiger partial charge in [0.05, 0.1) is 42.5 Å². The average Bonchev–Trinajstić information content (AvgIpc) is 2.93. The normalized spacial score (nSPS) is 13.6. The van der Waals surface area contributed by atoms with Gasteiger partial charge in [-0.2, -0.15) is 0 Å². The number of rotatable bonds is 9. The van der Waals surface area contributed by atoms with E-state index in [0.717, 1.165) is 43.2 Å². The van der Waals surface area contributed by atoms with Gasteiger partial charge in [0.2, 0.25) is 17.7 Å². The van der Waals surface area contributed by atoms with E-state index in [0.29, 0.717) is 34.3 Å². The molecule has 0 radical (unpaired) electrons. The van der Waals surface area contributed by atoms with Crippen LogP contribution in [0.15, 0.2) is 49.3 Å². The fraction of sp³-hybridized carbons (Fsp3) is 0.269. The first kappa shape index (κ1) is 25.7. The highest BCUT2D eigenvalue weighted by Crippen LogP contribution is 2.38. The summed E-state index contributed by atoms with van der Waals surface area (Å²) >= 11 is 0. The smallest absolute Gasteiger partial charge is 0.247 e. The van der Waals surface area contributed by atoms with Crippen LogP contribution in [0.5, 0.6) is 5.75 Å². The monoisotopic (exact) mass is 502 g/mol. The molecule has 3 aromatic rings. The predicted octanol–water partition coefficient (Wildman–Crippen LogP) is 1.99. The Kier molecular flexibility index (Phi) is 8.06. The van der Waals surface area contributed by atoms with E-state index < -0.39 is 0 Å². The minimum absolute atomic E-state index is 0.299. The quantitative estimate of drug-likeness (QED) is 0.258. The lowest BCUT2D eigenvalue weighted by atomic mass is 10.1. The number of nitrogens with zero attached hydrogens (tertiary/aromatic N) is 5. The zero-order chi connectivity index (χ0) is 26.4. The van der Waals surface area contributed by atoms with Crippen molar-refractivity contribution in [3.8, 4) is 17.0 Å². The highest BCUT2D eigenvalue weighted by molar-refractivity contribution is 6.02. The number of likely N-dealkylation sites (N-methyl/N-ethyl adjacent to an activating group) is 1. The van der Waals surface area contributed by atoms with Crippen molar-refractivity contribution in [3.05, 3.63) is 54.9 Å². The Morgan fingerprint density at radius 3 is 2.65 bits per heavy atom. The molecule has 1 aliphatic rings. The number of quaternary nitrogens is 1. The van der Waals surface area contributed by atoms with Gasteiger partial charge in [-0.1, -0.05) is 6.58 Å². The van der Waals surface area contributed by atoms with Gasteiger partial charge in [-0.15, -0.1) is 0 Å². The Morgan fingerprint density at radius 2 is 1.97 bits per heavy atom. The maximum atomic E-state index is 12.2. The number of hydrogen-bond acceptors (Lipinski definition) is 9. The topological polar surface area (TPSA) is 136 Å². The van der Waals surface area contributed by atoms with E-state index in [4.69, 9.17) is 10.1 Å². The molecule has 0 unspecified atom stereocenters. The number of carbonyl (C=O) groups excluding carboxylic acids is 1. The number of ether oxygens (including phenoxy) is 1. The van der Waals surface area contributed by atoms with Gasteiger partial charge in [-0.05, 0) is 31.3 Å². The summed E-state index contributed by atoms with van der Waals surface area (Å²) in [6.07, 6.45) is 5.90. The Labute approximate surface area is 216 Å². The van der Waals surface area contributed by atoms with Gasteiger partial charge in [0.1, 0.15) is 5.75 Å². The molecule has 4 rings (SSSR count). The van der Waals surface area contributed by atoms with Gasteiger partial charge >= 0.3 is 0 Å². The minimum Gasteiger partial charge on any atom is -0.494 e. The maximum absolute atomic E-state index is 12.2. The van der Waals surface area contributed by atoms with Gasteiger partial charge in [-0.3, -0.25) is 10.1 Å². The van der Waals surface area contributed by atoms with Crippen LogP contribution in [0, 0.1) is 5.41 Å². The lowest BCUT2D eigenvalue weighted by Gasteiger charge is -2.35. The number of hydrogen-bond donors (Lipinski definition) is 4. The second kappa shape index (κ2) is 11.6. The lowest BCUT2D eigenvalue weighted by molar-refractivity contribution is -0.543. The van der Waals surface area contributed by atoms with E-state index in [1.54, 1.807) is 25.6 Å². The molecule has 5 N–H and O–H groups in total. The summed E-state index contributed by atoms with van der Waals surface area (Å²) in [5.41, 5.74) is 4.25. The molecule has 1 amide bonds. The van der Waals surface area contributed by atoms with Crippen LogP contribution < -0.4 is 25.6 Å². The molecule has 2 aromatic heterocycles. The SMILES string of the molecule is C=CC(=O)Nc1cc(Nc2nccc(-c3cnc([NH2+]C)c(C=N)c3)n2)c(OC)cc1N1CCN(C)CC1. The molecule has 0 atom stereocenters. The Morgan fingerprint density at radius 1 is 1.19 bits per heavy atom. The summed E-state index contributed by atoms with van der Waals surface area (Å²) < 4.78 is 5.70. The van der Waals surface area contributed by atoms with Crippen molar-refractivity contribution in [1.29, 1.82) is 5.41 Å². The predicted molar refractivity (Wildman–Crippen MR) is 145 cm³/mol. The molecule has 37 heavy (non-hydrogen) atoms. The molecule has 1 aromatic carbocycles. The number of anilines is 4. The third kappa shape index (κ3) is 5.90. The third-order valence-corrected chi connectivity index (χ3v) is 6.18. The fourth-order valence-electron chi connectivity index (χ4n) is 4.12. The van der Waals surface area contributed by atoms with Crippen LogP contribution in [0.4, 0.5) is 28.8 Å². The molecule has 11 heteroatoms. The summed E-state index contributed by atoms with van der Waals surface area (Å²) in [7, 11) is 5.58. The number of amides is 1. The first-order valence-electron chi connectivity index (χ1n) is 11.9. The first-order valence-corrected chi connectivity index (χ1v) is 11.9. The molecule has 3 heterocycles. The summed E-state index contributed by atoms with van der Waals surface area (Å²) in [5, 5.41) is 15.7. The Bertz CT molecular complexity index is 1300. The highest BCUT2D eigenvalue weighted by atomic mass is 16.5. The molecule has 0 spiro atoms. The number of nitrogens with two attached hydrogens (primary N) is 1. The summed E-state index contributed by atoms with van der Waals surface area (Å²) in [5.74, 6) is 1.39. The number of nitrogens with one attached hydrogen (secondary N) is 3. The van der Waals surface area contributed by atoms with Crippen molar-refractivity contribution in [2.24, 2.45) is 0 Å². The second-order valence-corrected chi connectivity index (χ2v) is 8.58. The minimum atomic E-state index is -0.299. The standard InChI is InChI=1S/C26H31N9O2/c1-5-24(36)31-20-13-21(23(37-4)14-22(20)35-10-8-34(3)9-11-35)33-26-29-7-6-19(32-26)18-12-17(15-27)25(28-2)30-16-18/h5-7,12-16,27H,1,8-11H2,2-4H3,(H,28,30)(H,31,36)(H,29,32,33)/p+1. The molecule has 11 nitrogen and oxygen atoms in total. The first-order chi connectivity index (χ1) is 17.9. The fourth-order valence-corrected chi connectivity index (χ4v) is 4.12. The lowest BCUT2D eigenvalue weighted by Crippen LogP contribution is -2.73. The van der Waals surface area contributed by atoms with Crippen LogP contribution in [0.1, 0.15) is 5.56 Å². The summed E-state index contributed by atoms with van der Waals surface area (Å²) in [6.45, 7) is 7.08. The molecule has 192 valence electrons. The zero-order valence-electron chi connectivity index (χ0n) is 21.3. The number of methoxy groups -OCH3 is 1. The van der Waals surface area contributed by atoms with Crippen LogP contribution >= 0.6 is 0 Å².